The third-order valence-corrected chi connectivity index (χ3v) is 3.07. The third-order valence-electron chi connectivity index (χ3n) is 1.59. The van der Waals surface area contributed by atoms with Crippen LogP contribution in [0.5, 0.6) is 0 Å². The molecule has 1 heterocycles. The Kier molecular flexibility index (Phi) is 2.85. The van der Waals surface area contributed by atoms with Crippen LogP contribution in [0.2, 0.25) is 0 Å². The SMILES string of the molecule is CC(C)(C)c1ncc(CCN)s1. The van der Waals surface area contributed by atoms with Gasteiger partial charge in [-0.2, -0.15) is 0 Å². The van der Waals surface area contributed by atoms with E-state index in [-0.39, 0.29) is 5.41 Å². The zero-order valence-electron chi connectivity index (χ0n) is 7.92. The molecule has 0 saturated carbocycles. The molecule has 0 amide bonds. The van der Waals surface area contributed by atoms with E-state index in [2.05, 4.69) is 25.8 Å². The zero-order chi connectivity index (χ0) is 9.19. The molecule has 0 aliphatic carbocycles. The van der Waals surface area contributed by atoms with Crippen molar-refractivity contribution >= 4 is 11.3 Å². The number of aromatic nitrogens is 1. The Morgan fingerprint density at radius 1 is 1.50 bits per heavy atom. The summed E-state index contributed by atoms with van der Waals surface area (Å²) in [7, 11) is 0. The van der Waals surface area contributed by atoms with Crippen molar-refractivity contribution in [3.63, 3.8) is 0 Å². The van der Waals surface area contributed by atoms with Crippen LogP contribution in [-0.4, -0.2) is 11.5 Å². The number of nitrogens with two attached hydrogens (primary N) is 1. The molecule has 0 aliphatic heterocycles. The van der Waals surface area contributed by atoms with Crippen LogP contribution >= 0.6 is 11.3 Å². The number of hydrogen-bond donors (Lipinski definition) is 1. The van der Waals surface area contributed by atoms with E-state index in [1.165, 1.54) is 9.88 Å². The van der Waals surface area contributed by atoms with E-state index < -0.39 is 0 Å². The molecule has 0 aromatic carbocycles. The summed E-state index contributed by atoms with van der Waals surface area (Å²) in [4.78, 5) is 5.66. The van der Waals surface area contributed by atoms with Crippen LogP contribution in [0.4, 0.5) is 0 Å². The van der Waals surface area contributed by atoms with Crippen molar-refractivity contribution in [3.05, 3.63) is 16.1 Å². The molecule has 0 fully saturated rings. The molecule has 1 aromatic rings. The molecule has 0 radical (unpaired) electrons. The van der Waals surface area contributed by atoms with Crippen LogP contribution in [0.3, 0.4) is 0 Å². The summed E-state index contributed by atoms with van der Waals surface area (Å²) in [5.74, 6) is 0. The number of nitrogens with zero attached hydrogens (tertiary/aromatic N) is 1. The van der Waals surface area contributed by atoms with Crippen LogP contribution < -0.4 is 5.73 Å². The van der Waals surface area contributed by atoms with Gasteiger partial charge in [0.05, 0.1) is 5.01 Å². The molecule has 0 bridgehead atoms. The lowest BCUT2D eigenvalue weighted by Gasteiger charge is -2.13. The van der Waals surface area contributed by atoms with Crippen molar-refractivity contribution in [2.45, 2.75) is 32.6 Å². The lowest BCUT2D eigenvalue weighted by molar-refractivity contribution is 0.585. The van der Waals surface area contributed by atoms with Crippen LogP contribution in [0.15, 0.2) is 6.20 Å². The maximum Gasteiger partial charge on any atom is 0.0981 e. The first-order valence-corrected chi connectivity index (χ1v) is 5.01. The topological polar surface area (TPSA) is 38.9 Å². The molecule has 0 spiro atoms. The molecule has 1 aromatic heterocycles. The quantitative estimate of drug-likeness (QED) is 0.763. The van der Waals surface area contributed by atoms with Crippen LogP contribution in [0.25, 0.3) is 0 Å². The van der Waals surface area contributed by atoms with Crippen molar-refractivity contribution in [3.8, 4) is 0 Å². The van der Waals surface area contributed by atoms with Gasteiger partial charge >= 0.3 is 0 Å². The van der Waals surface area contributed by atoms with Crippen LogP contribution in [0, 0.1) is 0 Å². The first-order chi connectivity index (χ1) is 5.54. The molecule has 68 valence electrons. The Balaban J connectivity index is 2.77. The first-order valence-electron chi connectivity index (χ1n) is 4.19. The molecule has 0 unspecified atom stereocenters. The predicted molar refractivity (Wildman–Crippen MR) is 53.6 cm³/mol. The van der Waals surface area contributed by atoms with E-state index in [0.29, 0.717) is 6.54 Å². The fraction of sp³-hybridized carbons (Fsp3) is 0.667. The largest absolute Gasteiger partial charge is 0.330 e. The third kappa shape index (κ3) is 2.29. The fourth-order valence-corrected chi connectivity index (χ4v) is 1.90. The predicted octanol–water partition coefficient (Wildman–Crippen LogP) is 1.94. The van der Waals surface area contributed by atoms with Crippen LogP contribution in [-0.2, 0) is 11.8 Å². The monoisotopic (exact) mass is 184 g/mol. The van der Waals surface area contributed by atoms with Gasteiger partial charge in [0.15, 0.2) is 0 Å². The Morgan fingerprint density at radius 3 is 2.58 bits per heavy atom. The second kappa shape index (κ2) is 3.54. The van der Waals surface area contributed by atoms with E-state index in [0.717, 1.165) is 6.42 Å². The molecule has 12 heavy (non-hydrogen) atoms. The van der Waals surface area contributed by atoms with Gasteiger partial charge < -0.3 is 5.73 Å². The summed E-state index contributed by atoms with van der Waals surface area (Å²) < 4.78 is 0. The average Bonchev–Trinajstić information content (AvgIpc) is 2.35. The first kappa shape index (κ1) is 9.68. The highest BCUT2D eigenvalue weighted by atomic mass is 32.1. The lowest BCUT2D eigenvalue weighted by atomic mass is 9.98. The highest BCUT2D eigenvalue weighted by Gasteiger charge is 2.17. The number of rotatable bonds is 2. The van der Waals surface area contributed by atoms with Gasteiger partial charge in [0.25, 0.3) is 0 Å². The zero-order valence-corrected chi connectivity index (χ0v) is 8.74. The summed E-state index contributed by atoms with van der Waals surface area (Å²) in [5.41, 5.74) is 5.64. The maximum atomic E-state index is 5.46. The molecule has 0 saturated heterocycles. The smallest absolute Gasteiger partial charge is 0.0981 e. The Morgan fingerprint density at radius 2 is 2.17 bits per heavy atom. The Labute approximate surface area is 77.8 Å². The van der Waals surface area contributed by atoms with Crippen molar-refractivity contribution in [2.75, 3.05) is 6.54 Å². The molecular weight excluding hydrogens is 168 g/mol. The molecule has 0 atom stereocenters. The van der Waals surface area contributed by atoms with Crippen LogP contribution in [0.1, 0.15) is 30.7 Å². The van der Waals surface area contributed by atoms with Gasteiger partial charge in [0, 0.05) is 16.5 Å². The van der Waals surface area contributed by atoms with Gasteiger partial charge in [-0.1, -0.05) is 20.8 Å². The highest BCUT2D eigenvalue weighted by Crippen LogP contribution is 2.26. The highest BCUT2D eigenvalue weighted by molar-refractivity contribution is 7.11. The number of thiazole rings is 1. The van der Waals surface area contributed by atoms with E-state index in [1.807, 2.05) is 6.20 Å². The maximum absolute atomic E-state index is 5.46. The fourth-order valence-electron chi connectivity index (χ4n) is 0.912. The number of hydrogen-bond acceptors (Lipinski definition) is 3. The molecule has 2 nitrogen and oxygen atoms in total. The van der Waals surface area contributed by atoms with E-state index in [9.17, 15) is 0 Å². The summed E-state index contributed by atoms with van der Waals surface area (Å²) in [5, 5.41) is 1.20. The minimum Gasteiger partial charge on any atom is -0.330 e. The van der Waals surface area contributed by atoms with Gasteiger partial charge in [-0.15, -0.1) is 11.3 Å². The van der Waals surface area contributed by atoms with Crippen molar-refractivity contribution < 1.29 is 0 Å². The van der Waals surface area contributed by atoms with E-state index >= 15 is 0 Å². The summed E-state index contributed by atoms with van der Waals surface area (Å²) >= 11 is 1.77. The minimum atomic E-state index is 0.178. The van der Waals surface area contributed by atoms with E-state index in [4.69, 9.17) is 5.73 Å². The van der Waals surface area contributed by atoms with Gasteiger partial charge in [0.2, 0.25) is 0 Å². The minimum absolute atomic E-state index is 0.178. The molecule has 3 heteroatoms. The van der Waals surface area contributed by atoms with E-state index in [1.54, 1.807) is 11.3 Å². The second-order valence-corrected chi connectivity index (χ2v) is 5.04. The van der Waals surface area contributed by atoms with Crippen molar-refractivity contribution in [2.24, 2.45) is 5.73 Å². The van der Waals surface area contributed by atoms with Crippen molar-refractivity contribution in [1.29, 1.82) is 0 Å². The molecular formula is C9H16N2S. The average molecular weight is 184 g/mol. The van der Waals surface area contributed by atoms with Gasteiger partial charge in [0.1, 0.15) is 0 Å². The normalized spacial score (nSPS) is 12.0. The van der Waals surface area contributed by atoms with Gasteiger partial charge in [-0.25, -0.2) is 4.98 Å². The van der Waals surface area contributed by atoms with Gasteiger partial charge in [-0.05, 0) is 13.0 Å². The van der Waals surface area contributed by atoms with Gasteiger partial charge in [-0.3, -0.25) is 0 Å². The molecule has 2 N–H and O–H groups in total. The molecule has 0 aliphatic rings. The second-order valence-electron chi connectivity index (χ2n) is 3.92. The standard InChI is InChI=1S/C9H16N2S/c1-9(2,3)8-11-6-7(12-8)4-5-10/h6H,4-5,10H2,1-3H3. The lowest BCUT2D eigenvalue weighted by Crippen LogP contribution is -2.09. The summed E-state index contributed by atoms with van der Waals surface area (Å²) in [6, 6.07) is 0. The summed E-state index contributed by atoms with van der Waals surface area (Å²) in [6.45, 7) is 7.25. The molecule has 1 rings (SSSR count). The Hall–Kier alpha value is -0.410. The van der Waals surface area contributed by atoms with Crippen molar-refractivity contribution in [1.82, 2.24) is 4.98 Å². The Bertz CT molecular complexity index is 247. The summed E-state index contributed by atoms with van der Waals surface area (Å²) in [6.07, 6.45) is 2.89.